The van der Waals surface area contributed by atoms with E-state index in [-0.39, 0.29) is 5.92 Å². The molecule has 3 N–H and O–H groups in total. The topological polar surface area (TPSA) is 61.8 Å². The molecule has 0 saturated carbocycles. The number of rotatable bonds is 3. The van der Waals surface area contributed by atoms with Gasteiger partial charge in [-0.05, 0) is 43.5 Å². The normalized spacial score (nSPS) is 21.6. The molecule has 19 heavy (non-hydrogen) atoms. The van der Waals surface area contributed by atoms with Gasteiger partial charge in [0.15, 0.2) is 0 Å². The number of aryl methyl sites for hydroxylation is 1. The van der Waals surface area contributed by atoms with Crippen LogP contribution in [-0.4, -0.2) is 29.0 Å². The Labute approximate surface area is 118 Å². The van der Waals surface area contributed by atoms with E-state index in [1.807, 2.05) is 13.0 Å². The average Bonchev–Trinajstić information content (AvgIpc) is 2.41. The summed E-state index contributed by atoms with van der Waals surface area (Å²) >= 11 is 6.26. The summed E-state index contributed by atoms with van der Waals surface area (Å²) in [6.45, 7) is 4.69. The van der Waals surface area contributed by atoms with Crippen molar-refractivity contribution in [3.63, 3.8) is 0 Å². The molecule has 5 heteroatoms. The highest BCUT2D eigenvalue weighted by molar-refractivity contribution is 6.31. The summed E-state index contributed by atoms with van der Waals surface area (Å²) in [6, 6.07) is 6.14. The molecule has 1 atom stereocenters. The fourth-order valence-electron chi connectivity index (χ4n) is 2.54. The number of hydrogen-bond acceptors (Lipinski definition) is 3. The van der Waals surface area contributed by atoms with Gasteiger partial charge in [-0.2, -0.15) is 0 Å². The highest BCUT2D eigenvalue weighted by atomic mass is 35.5. The summed E-state index contributed by atoms with van der Waals surface area (Å²) in [6.07, 6.45) is 2.04. The number of nitrogens with two attached hydrogens (primary N) is 1. The first-order chi connectivity index (χ1) is 9.10. The molecule has 1 unspecified atom stereocenters. The van der Waals surface area contributed by atoms with Crippen LogP contribution >= 0.6 is 11.6 Å². The Morgan fingerprint density at radius 1 is 1.58 bits per heavy atom. The lowest BCUT2D eigenvalue weighted by molar-refractivity contribution is 0.193. The smallest absolute Gasteiger partial charge is 0.143 e. The first kappa shape index (κ1) is 14.2. The molecule has 1 heterocycles. The highest BCUT2D eigenvalue weighted by Crippen LogP contribution is 2.23. The second-order valence-electron chi connectivity index (χ2n) is 5.19. The average molecular weight is 282 g/mol. The molecule has 1 aliphatic rings. The second kappa shape index (κ2) is 6.26. The van der Waals surface area contributed by atoms with Gasteiger partial charge in [-0.15, -0.1) is 0 Å². The minimum Gasteiger partial charge on any atom is -0.409 e. The van der Waals surface area contributed by atoms with Gasteiger partial charge in [0, 0.05) is 24.0 Å². The van der Waals surface area contributed by atoms with E-state index in [1.54, 1.807) is 0 Å². The summed E-state index contributed by atoms with van der Waals surface area (Å²) in [7, 11) is 0. The van der Waals surface area contributed by atoms with E-state index in [0.717, 1.165) is 43.1 Å². The van der Waals surface area contributed by atoms with E-state index in [4.69, 9.17) is 22.5 Å². The second-order valence-corrected chi connectivity index (χ2v) is 5.60. The molecule has 0 aliphatic carbocycles. The molecule has 4 nitrogen and oxygen atoms in total. The zero-order chi connectivity index (χ0) is 13.8. The van der Waals surface area contributed by atoms with Crippen molar-refractivity contribution in [3.05, 3.63) is 34.3 Å². The van der Waals surface area contributed by atoms with Crippen molar-refractivity contribution in [3.8, 4) is 0 Å². The van der Waals surface area contributed by atoms with Gasteiger partial charge in [0.1, 0.15) is 5.84 Å². The zero-order valence-corrected chi connectivity index (χ0v) is 11.9. The Morgan fingerprint density at radius 3 is 3.05 bits per heavy atom. The number of benzene rings is 1. The van der Waals surface area contributed by atoms with Crippen LogP contribution in [0.4, 0.5) is 0 Å². The van der Waals surface area contributed by atoms with Crippen LogP contribution in [0, 0.1) is 12.8 Å². The third-order valence-electron chi connectivity index (χ3n) is 3.64. The highest BCUT2D eigenvalue weighted by Gasteiger charge is 2.23. The molecule has 104 valence electrons. The van der Waals surface area contributed by atoms with Crippen LogP contribution in [0.2, 0.25) is 5.02 Å². The summed E-state index contributed by atoms with van der Waals surface area (Å²) in [5.41, 5.74) is 8.00. The van der Waals surface area contributed by atoms with Gasteiger partial charge in [-0.25, -0.2) is 0 Å². The Kier molecular flexibility index (Phi) is 4.66. The van der Waals surface area contributed by atoms with Crippen LogP contribution in [-0.2, 0) is 6.54 Å². The quantitative estimate of drug-likeness (QED) is 0.387. The zero-order valence-electron chi connectivity index (χ0n) is 11.1. The molecule has 0 bridgehead atoms. The number of nitrogens with zero attached hydrogens (tertiary/aromatic N) is 2. The lowest BCUT2D eigenvalue weighted by Gasteiger charge is -2.32. The Hall–Kier alpha value is -1.26. The lowest BCUT2D eigenvalue weighted by Crippen LogP contribution is -2.40. The minimum atomic E-state index is 0.142. The summed E-state index contributed by atoms with van der Waals surface area (Å²) in [4.78, 5) is 2.31. The predicted molar refractivity (Wildman–Crippen MR) is 77.6 cm³/mol. The van der Waals surface area contributed by atoms with E-state index in [1.165, 1.54) is 5.56 Å². The number of oxime groups is 1. The van der Waals surface area contributed by atoms with Crippen molar-refractivity contribution in [2.45, 2.75) is 26.3 Å². The van der Waals surface area contributed by atoms with Crippen molar-refractivity contribution < 1.29 is 5.21 Å². The monoisotopic (exact) mass is 281 g/mol. The van der Waals surface area contributed by atoms with E-state index in [2.05, 4.69) is 22.2 Å². The van der Waals surface area contributed by atoms with Crippen molar-refractivity contribution in [1.82, 2.24) is 4.90 Å². The lowest BCUT2D eigenvalue weighted by atomic mass is 9.96. The SMILES string of the molecule is Cc1ccc(CN2CCCC(/C(N)=N/O)C2)c(Cl)c1. The van der Waals surface area contributed by atoms with Gasteiger partial charge in [-0.3, -0.25) is 4.90 Å². The summed E-state index contributed by atoms with van der Waals surface area (Å²) < 4.78 is 0. The first-order valence-electron chi connectivity index (χ1n) is 6.55. The van der Waals surface area contributed by atoms with Gasteiger partial charge in [0.2, 0.25) is 0 Å². The van der Waals surface area contributed by atoms with Crippen LogP contribution in [0.25, 0.3) is 0 Å². The third-order valence-corrected chi connectivity index (χ3v) is 3.99. The van der Waals surface area contributed by atoms with Crippen molar-refractivity contribution in [2.75, 3.05) is 13.1 Å². The molecule has 1 saturated heterocycles. The van der Waals surface area contributed by atoms with Gasteiger partial charge in [0.25, 0.3) is 0 Å². The molecule has 0 radical (unpaired) electrons. The predicted octanol–water partition coefficient (Wildman–Crippen LogP) is 2.61. The Morgan fingerprint density at radius 2 is 2.37 bits per heavy atom. The molecule has 2 rings (SSSR count). The van der Waals surface area contributed by atoms with E-state index in [9.17, 15) is 0 Å². The van der Waals surface area contributed by atoms with E-state index >= 15 is 0 Å². The largest absolute Gasteiger partial charge is 0.409 e. The molecule has 1 aromatic carbocycles. The molecule has 1 aromatic rings. The first-order valence-corrected chi connectivity index (χ1v) is 6.92. The maximum absolute atomic E-state index is 8.76. The fourth-order valence-corrected chi connectivity index (χ4v) is 2.84. The number of piperidine rings is 1. The van der Waals surface area contributed by atoms with Gasteiger partial charge in [-0.1, -0.05) is 28.9 Å². The van der Waals surface area contributed by atoms with Crippen LogP contribution in [0.3, 0.4) is 0 Å². The number of amidine groups is 1. The molecule has 1 fully saturated rings. The standard InChI is InChI=1S/C14H20ClN3O/c1-10-4-5-11(13(15)7-10)8-18-6-2-3-12(9-18)14(16)17-19/h4-5,7,12,19H,2-3,6,8-9H2,1H3,(H2,16,17). The number of halogens is 1. The summed E-state index contributed by atoms with van der Waals surface area (Å²) in [5, 5.41) is 12.7. The molecule has 1 aliphatic heterocycles. The molecular formula is C14H20ClN3O. The maximum Gasteiger partial charge on any atom is 0.143 e. The van der Waals surface area contributed by atoms with Crippen molar-refractivity contribution in [2.24, 2.45) is 16.8 Å². The van der Waals surface area contributed by atoms with Crippen LogP contribution in [0.1, 0.15) is 24.0 Å². The van der Waals surface area contributed by atoms with Crippen LogP contribution < -0.4 is 5.73 Å². The Balaban J connectivity index is 2.02. The molecule has 0 aromatic heterocycles. The fraction of sp³-hybridized carbons (Fsp3) is 0.500. The molecule has 0 spiro atoms. The van der Waals surface area contributed by atoms with Crippen LogP contribution in [0.15, 0.2) is 23.4 Å². The summed E-state index contributed by atoms with van der Waals surface area (Å²) in [5.74, 6) is 0.475. The third kappa shape index (κ3) is 3.61. The molecule has 0 amide bonds. The van der Waals surface area contributed by atoms with Gasteiger partial charge in [0.05, 0.1) is 0 Å². The Bertz CT molecular complexity index is 476. The van der Waals surface area contributed by atoms with E-state index < -0.39 is 0 Å². The maximum atomic E-state index is 8.76. The van der Waals surface area contributed by atoms with E-state index in [0.29, 0.717) is 5.84 Å². The minimum absolute atomic E-state index is 0.142. The van der Waals surface area contributed by atoms with Crippen LogP contribution in [0.5, 0.6) is 0 Å². The van der Waals surface area contributed by atoms with Gasteiger partial charge < -0.3 is 10.9 Å². The number of hydrogen-bond donors (Lipinski definition) is 2. The van der Waals surface area contributed by atoms with Crippen molar-refractivity contribution in [1.29, 1.82) is 0 Å². The van der Waals surface area contributed by atoms with Crippen molar-refractivity contribution >= 4 is 17.4 Å². The molecular weight excluding hydrogens is 262 g/mol. The van der Waals surface area contributed by atoms with Gasteiger partial charge >= 0.3 is 0 Å². The number of likely N-dealkylation sites (tertiary alicyclic amines) is 1.